The number of nitrogens with zero attached hydrogens (tertiary/aromatic N) is 3. The molecule has 0 aliphatic heterocycles. The largest absolute Gasteiger partial charge is 0.366 e. The maximum Gasteiger partial charge on any atom is 0.269 e. The summed E-state index contributed by atoms with van der Waals surface area (Å²) in [6.45, 7) is 0. The molecule has 0 radical (unpaired) electrons. The molecule has 3 aromatic rings. The summed E-state index contributed by atoms with van der Waals surface area (Å²) in [6.07, 6.45) is 1.55. The van der Waals surface area contributed by atoms with Crippen LogP contribution in [0.25, 0.3) is 22.3 Å². The fourth-order valence-electron chi connectivity index (χ4n) is 2.12. The highest BCUT2D eigenvalue weighted by atomic mass is 16.6. The van der Waals surface area contributed by atoms with Crippen LogP contribution in [0.1, 0.15) is 10.4 Å². The second-order valence-corrected chi connectivity index (χ2v) is 4.60. The molecule has 0 bridgehead atoms. The fourth-order valence-corrected chi connectivity index (χ4v) is 2.12. The molecule has 7 nitrogen and oxygen atoms in total. The molecule has 0 saturated heterocycles. The summed E-state index contributed by atoms with van der Waals surface area (Å²) < 4.78 is 0. The lowest BCUT2D eigenvalue weighted by atomic mass is 10.1. The second-order valence-electron chi connectivity index (χ2n) is 4.60. The van der Waals surface area contributed by atoms with Crippen LogP contribution in [-0.4, -0.2) is 20.8 Å². The van der Waals surface area contributed by atoms with E-state index < -0.39 is 10.8 Å². The summed E-state index contributed by atoms with van der Waals surface area (Å²) in [6, 6.07) is 10.9. The third-order valence-corrected chi connectivity index (χ3v) is 3.21. The number of para-hydroxylation sites is 1. The van der Waals surface area contributed by atoms with Crippen molar-refractivity contribution in [3.63, 3.8) is 0 Å². The monoisotopic (exact) mass is 294 g/mol. The van der Waals surface area contributed by atoms with Crippen molar-refractivity contribution >= 4 is 22.6 Å². The molecular formula is C15H10N4O3. The van der Waals surface area contributed by atoms with Gasteiger partial charge in [0.05, 0.1) is 27.9 Å². The van der Waals surface area contributed by atoms with Crippen LogP contribution in [-0.2, 0) is 0 Å². The van der Waals surface area contributed by atoms with Crippen molar-refractivity contribution in [2.24, 2.45) is 5.73 Å². The van der Waals surface area contributed by atoms with E-state index in [1.807, 2.05) is 0 Å². The number of benzene rings is 2. The topological polar surface area (TPSA) is 112 Å². The second kappa shape index (κ2) is 5.21. The van der Waals surface area contributed by atoms with Crippen LogP contribution in [0.4, 0.5) is 5.69 Å². The number of primary amides is 1. The Hall–Kier alpha value is -3.35. The molecule has 0 aliphatic carbocycles. The Morgan fingerprint density at radius 2 is 1.86 bits per heavy atom. The van der Waals surface area contributed by atoms with Gasteiger partial charge in [-0.15, -0.1) is 0 Å². The van der Waals surface area contributed by atoms with E-state index in [4.69, 9.17) is 5.73 Å². The standard InChI is InChI=1S/C15H10N4O3/c16-15(20)11-2-1-3-12-14(11)18-13(8-17-12)9-4-6-10(7-5-9)19(21)22/h1-8H,(H2,16,20). The normalized spacial score (nSPS) is 10.5. The van der Waals surface area contributed by atoms with Gasteiger partial charge in [-0.3, -0.25) is 19.9 Å². The minimum Gasteiger partial charge on any atom is -0.366 e. The van der Waals surface area contributed by atoms with E-state index in [9.17, 15) is 14.9 Å². The maximum atomic E-state index is 11.5. The molecule has 0 fully saturated rings. The molecule has 0 spiro atoms. The number of hydrogen-bond acceptors (Lipinski definition) is 5. The number of aromatic nitrogens is 2. The zero-order chi connectivity index (χ0) is 15.7. The molecule has 7 heteroatoms. The van der Waals surface area contributed by atoms with Gasteiger partial charge in [-0.2, -0.15) is 0 Å². The molecule has 1 amide bonds. The van der Waals surface area contributed by atoms with Gasteiger partial charge >= 0.3 is 0 Å². The van der Waals surface area contributed by atoms with Crippen molar-refractivity contribution in [2.45, 2.75) is 0 Å². The molecule has 2 N–H and O–H groups in total. The maximum absolute atomic E-state index is 11.5. The molecule has 108 valence electrons. The lowest BCUT2D eigenvalue weighted by Crippen LogP contribution is -2.12. The number of amides is 1. The van der Waals surface area contributed by atoms with E-state index in [0.29, 0.717) is 22.3 Å². The number of fused-ring (bicyclic) bond motifs is 1. The average molecular weight is 294 g/mol. The van der Waals surface area contributed by atoms with Gasteiger partial charge in [0.25, 0.3) is 11.6 Å². The Labute approximate surface area is 124 Å². The molecule has 1 aromatic heterocycles. The summed E-state index contributed by atoms with van der Waals surface area (Å²) in [5.74, 6) is -0.583. The third kappa shape index (κ3) is 2.35. The lowest BCUT2D eigenvalue weighted by Gasteiger charge is -2.05. The summed E-state index contributed by atoms with van der Waals surface area (Å²) in [5.41, 5.74) is 7.76. The zero-order valence-corrected chi connectivity index (χ0v) is 11.3. The number of hydrogen-bond donors (Lipinski definition) is 1. The SMILES string of the molecule is NC(=O)c1cccc2ncc(-c3ccc([N+](=O)[O-])cc3)nc12. The van der Waals surface area contributed by atoms with Crippen LogP contribution in [0, 0.1) is 10.1 Å². The smallest absolute Gasteiger partial charge is 0.269 e. The summed E-state index contributed by atoms with van der Waals surface area (Å²) in [5, 5.41) is 10.7. The van der Waals surface area contributed by atoms with Crippen molar-refractivity contribution in [1.82, 2.24) is 9.97 Å². The number of carbonyl (C=O) groups is 1. The van der Waals surface area contributed by atoms with Crippen molar-refractivity contribution in [3.8, 4) is 11.3 Å². The number of non-ortho nitro benzene ring substituents is 1. The number of nitro groups is 1. The molecule has 0 saturated carbocycles. The summed E-state index contributed by atoms with van der Waals surface area (Å²) in [4.78, 5) is 30.3. The number of carbonyl (C=O) groups excluding carboxylic acids is 1. The van der Waals surface area contributed by atoms with Crippen LogP contribution in [0.3, 0.4) is 0 Å². The van der Waals surface area contributed by atoms with Gasteiger partial charge in [-0.1, -0.05) is 6.07 Å². The average Bonchev–Trinajstić information content (AvgIpc) is 2.53. The molecule has 3 rings (SSSR count). The van der Waals surface area contributed by atoms with E-state index in [0.717, 1.165) is 0 Å². The van der Waals surface area contributed by atoms with Crippen LogP contribution in [0.2, 0.25) is 0 Å². The fraction of sp³-hybridized carbons (Fsp3) is 0. The van der Waals surface area contributed by atoms with Gasteiger partial charge < -0.3 is 5.73 Å². The van der Waals surface area contributed by atoms with E-state index in [1.165, 1.54) is 12.1 Å². The van der Waals surface area contributed by atoms with Crippen molar-refractivity contribution in [3.05, 3.63) is 64.3 Å². The lowest BCUT2D eigenvalue weighted by molar-refractivity contribution is -0.384. The van der Waals surface area contributed by atoms with Gasteiger partial charge in [0, 0.05) is 17.7 Å². The predicted molar refractivity (Wildman–Crippen MR) is 80.1 cm³/mol. The highest BCUT2D eigenvalue weighted by molar-refractivity contribution is 6.04. The van der Waals surface area contributed by atoms with Crippen LogP contribution in [0.5, 0.6) is 0 Å². The van der Waals surface area contributed by atoms with Crippen molar-refractivity contribution in [1.29, 1.82) is 0 Å². The number of rotatable bonds is 3. The number of nitro benzene ring substituents is 1. The molecular weight excluding hydrogens is 284 g/mol. The van der Waals surface area contributed by atoms with Crippen LogP contribution in [0.15, 0.2) is 48.7 Å². The van der Waals surface area contributed by atoms with Gasteiger partial charge in [0.1, 0.15) is 5.52 Å². The summed E-state index contributed by atoms with van der Waals surface area (Å²) >= 11 is 0. The van der Waals surface area contributed by atoms with E-state index in [-0.39, 0.29) is 11.3 Å². The molecule has 1 heterocycles. The van der Waals surface area contributed by atoms with E-state index in [2.05, 4.69) is 9.97 Å². The predicted octanol–water partition coefficient (Wildman–Crippen LogP) is 2.30. The Bertz CT molecular complexity index is 891. The Morgan fingerprint density at radius 3 is 2.50 bits per heavy atom. The first-order valence-electron chi connectivity index (χ1n) is 6.36. The van der Waals surface area contributed by atoms with Gasteiger partial charge in [-0.25, -0.2) is 4.98 Å². The molecule has 2 aromatic carbocycles. The zero-order valence-electron chi connectivity index (χ0n) is 11.3. The quantitative estimate of drug-likeness (QED) is 0.588. The third-order valence-electron chi connectivity index (χ3n) is 3.21. The van der Waals surface area contributed by atoms with E-state index in [1.54, 1.807) is 36.5 Å². The molecule has 0 atom stereocenters. The Balaban J connectivity index is 2.13. The highest BCUT2D eigenvalue weighted by Gasteiger charge is 2.11. The highest BCUT2D eigenvalue weighted by Crippen LogP contribution is 2.23. The minimum atomic E-state index is -0.583. The van der Waals surface area contributed by atoms with Gasteiger partial charge in [0.15, 0.2) is 0 Å². The molecule has 0 aliphatic rings. The Kier molecular flexibility index (Phi) is 3.23. The molecule has 22 heavy (non-hydrogen) atoms. The van der Waals surface area contributed by atoms with Gasteiger partial charge in [-0.05, 0) is 24.3 Å². The first kappa shape index (κ1) is 13.6. The van der Waals surface area contributed by atoms with Crippen LogP contribution >= 0.6 is 0 Å². The van der Waals surface area contributed by atoms with Gasteiger partial charge in [0.2, 0.25) is 0 Å². The van der Waals surface area contributed by atoms with Crippen LogP contribution < -0.4 is 5.73 Å². The first-order chi connectivity index (χ1) is 10.6. The first-order valence-corrected chi connectivity index (χ1v) is 6.36. The Morgan fingerprint density at radius 1 is 1.14 bits per heavy atom. The van der Waals surface area contributed by atoms with Crippen molar-refractivity contribution in [2.75, 3.05) is 0 Å². The summed E-state index contributed by atoms with van der Waals surface area (Å²) in [7, 11) is 0. The van der Waals surface area contributed by atoms with E-state index >= 15 is 0 Å². The number of nitrogens with two attached hydrogens (primary N) is 1. The molecule has 0 unspecified atom stereocenters. The minimum absolute atomic E-state index is 0.00433. The van der Waals surface area contributed by atoms with Crippen molar-refractivity contribution < 1.29 is 9.72 Å².